The Bertz CT molecular complexity index is 398. The molecule has 0 atom stereocenters. The van der Waals surface area contributed by atoms with Crippen molar-refractivity contribution in [3.8, 4) is 0 Å². The lowest BCUT2D eigenvalue weighted by molar-refractivity contribution is 0.262. The molecule has 0 amide bonds. The molecule has 0 aromatic heterocycles. The second-order valence-electron chi connectivity index (χ2n) is 4.05. The minimum absolute atomic E-state index is 0.599. The molecular weight excluding hydrogens is 255 g/mol. The van der Waals surface area contributed by atoms with Crippen LogP contribution in [0.2, 0.25) is 10.0 Å². The lowest BCUT2D eigenvalue weighted by Crippen LogP contribution is -2.40. The van der Waals surface area contributed by atoms with E-state index in [9.17, 15) is 0 Å². The summed E-state index contributed by atoms with van der Waals surface area (Å²) < 4.78 is 0. The van der Waals surface area contributed by atoms with Crippen LogP contribution in [0.15, 0.2) is 24.3 Å². The van der Waals surface area contributed by atoms with Crippen LogP contribution in [0.4, 0.5) is 0 Å². The number of benzene rings is 1. The standard InChI is InChI=1S/C13H15Cl2N2/c14-12-4-3-11(10-13(12)15)2-1-7-17-8-5-16-6-9-17/h1-4,10H,5-9H2. The highest BCUT2D eigenvalue weighted by molar-refractivity contribution is 6.42. The summed E-state index contributed by atoms with van der Waals surface area (Å²) >= 11 is 11.8. The molecule has 0 unspecified atom stereocenters. The van der Waals surface area contributed by atoms with Crippen LogP contribution in [-0.2, 0) is 0 Å². The van der Waals surface area contributed by atoms with E-state index in [4.69, 9.17) is 23.2 Å². The molecule has 0 bridgehead atoms. The third-order valence-electron chi connectivity index (χ3n) is 2.77. The Balaban J connectivity index is 1.88. The largest absolute Gasteiger partial charge is 0.297 e. The van der Waals surface area contributed by atoms with Gasteiger partial charge in [-0.15, -0.1) is 0 Å². The van der Waals surface area contributed by atoms with Crippen LogP contribution in [0.3, 0.4) is 0 Å². The van der Waals surface area contributed by atoms with Crippen molar-refractivity contribution in [3.05, 3.63) is 39.9 Å². The Labute approximate surface area is 112 Å². The smallest absolute Gasteiger partial charge is 0.0598 e. The van der Waals surface area contributed by atoms with Crippen molar-refractivity contribution in [2.45, 2.75) is 0 Å². The number of nitrogens with zero attached hydrogens (tertiary/aromatic N) is 2. The second kappa shape index (κ2) is 6.41. The number of hydrogen-bond donors (Lipinski definition) is 0. The van der Waals surface area contributed by atoms with Gasteiger partial charge in [0.15, 0.2) is 0 Å². The van der Waals surface area contributed by atoms with E-state index in [0.717, 1.165) is 38.3 Å². The van der Waals surface area contributed by atoms with Gasteiger partial charge < -0.3 is 0 Å². The van der Waals surface area contributed by atoms with Gasteiger partial charge in [-0.2, -0.15) is 0 Å². The maximum Gasteiger partial charge on any atom is 0.0598 e. The maximum absolute atomic E-state index is 5.95. The van der Waals surface area contributed by atoms with E-state index in [1.165, 1.54) is 0 Å². The Kier molecular flexibility index (Phi) is 4.86. The molecule has 1 saturated heterocycles. The first-order valence-corrected chi connectivity index (χ1v) is 6.48. The Hall–Kier alpha value is -0.540. The average Bonchev–Trinajstić information content (AvgIpc) is 2.35. The van der Waals surface area contributed by atoms with Gasteiger partial charge in [0.2, 0.25) is 0 Å². The summed E-state index contributed by atoms with van der Waals surface area (Å²) in [6.07, 6.45) is 4.23. The fraction of sp³-hybridized carbons (Fsp3) is 0.385. The van der Waals surface area contributed by atoms with Crippen LogP contribution in [0, 0.1) is 0 Å². The molecular formula is C13H15Cl2N2. The first kappa shape index (κ1) is 12.9. The molecule has 1 heterocycles. The van der Waals surface area contributed by atoms with Crippen molar-refractivity contribution in [1.82, 2.24) is 10.2 Å². The van der Waals surface area contributed by atoms with Gasteiger partial charge in [0.25, 0.3) is 0 Å². The number of piperazine rings is 1. The molecule has 1 aliphatic rings. The maximum atomic E-state index is 5.95. The van der Waals surface area contributed by atoms with Gasteiger partial charge in [0.05, 0.1) is 10.0 Å². The number of halogens is 2. The molecule has 2 rings (SSSR count). The van der Waals surface area contributed by atoms with Gasteiger partial charge in [-0.05, 0) is 17.7 Å². The van der Waals surface area contributed by atoms with Gasteiger partial charge in [0, 0.05) is 32.7 Å². The van der Waals surface area contributed by atoms with Gasteiger partial charge >= 0.3 is 0 Å². The van der Waals surface area contributed by atoms with E-state index in [-0.39, 0.29) is 0 Å². The molecule has 1 aromatic rings. The molecule has 17 heavy (non-hydrogen) atoms. The predicted octanol–water partition coefficient (Wildman–Crippen LogP) is 2.93. The molecule has 1 aromatic carbocycles. The van der Waals surface area contributed by atoms with E-state index in [1.54, 1.807) is 0 Å². The summed E-state index contributed by atoms with van der Waals surface area (Å²) in [7, 11) is 0. The second-order valence-corrected chi connectivity index (χ2v) is 4.86. The normalized spacial score (nSPS) is 17.8. The molecule has 0 aliphatic carbocycles. The fourth-order valence-corrected chi connectivity index (χ4v) is 2.09. The summed E-state index contributed by atoms with van der Waals surface area (Å²) in [5.74, 6) is 0. The fourth-order valence-electron chi connectivity index (χ4n) is 1.78. The highest BCUT2D eigenvalue weighted by Crippen LogP contribution is 2.23. The zero-order chi connectivity index (χ0) is 12.1. The molecule has 2 nitrogen and oxygen atoms in total. The third kappa shape index (κ3) is 4.00. The summed E-state index contributed by atoms with van der Waals surface area (Å²) in [4.78, 5) is 2.39. The van der Waals surface area contributed by atoms with Gasteiger partial charge in [-0.1, -0.05) is 41.4 Å². The van der Waals surface area contributed by atoms with Gasteiger partial charge in [-0.3, -0.25) is 4.90 Å². The first-order chi connectivity index (χ1) is 8.25. The predicted molar refractivity (Wildman–Crippen MR) is 73.8 cm³/mol. The minimum Gasteiger partial charge on any atom is -0.297 e. The lowest BCUT2D eigenvalue weighted by atomic mass is 10.2. The molecule has 1 fully saturated rings. The van der Waals surface area contributed by atoms with Gasteiger partial charge in [0.1, 0.15) is 0 Å². The Morgan fingerprint density at radius 2 is 1.94 bits per heavy atom. The monoisotopic (exact) mass is 269 g/mol. The topological polar surface area (TPSA) is 17.3 Å². The van der Waals surface area contributed by atoms with Crippen LogP contribution in [0.25, 0.3) is 6.08 Å². The zero-order valence-corrected chi connectivity index (χ0v) is 11.1. The lowest BCUT2D eigenvalue weighted by Gasteiger charge is -2.24. The Morgan fingerprint density at radius 3 is 2.65 bits per heavy atom. The van der Waals surface area contributed by atoms with Crippen LogP contribution < -0.4 is 5.32 Å². The van der Waals surface area contributed by atoms with Crippen molar-refractivity contribution >= 4 is 29.3 Å². The van der Waals surface area contributed by atoms with Crippen molar-refractivity contribution in [2.24, 2.45) is 0 Å². The van der Waals surface area contributed by atoms with Crippen molar-refractivity contribution < 1.29 is 0 Å². The molecule has 0 N–H and O–H groups in total. The molecule has 1 aliphatic heterocycles. The molecule has 91 valence electrons. The van der Waals surface area contributed by atoms with Crippen molar-refractivity contribution in [1.29, 1.82) is 0 Å². The first-order valence-electron chi connectivity index (χ1n) is 5.73. The SMILES string of the molecule is Clc1ccc(C=CCN2CC[N]CC2)cc1Cl. The Morgan fingerprint density at radius 1 is 1.18 bits per heavy atom. The van der Waals surface area contributed by atoms with Crippen molar-refractivity contribution in [3.63, 3.8) is 0 Å². The van der Waals surface area contributed by atoms with Crippen molar-refractivity contribution in [2.75, 3.05) is 32.7 Å². The van der Waals surface area contributed by atoms with E-state index < -0.39 is 0 Å². The van der Waals surface area contributed by atoms with Crippen LogP contribution >= 0.6 is 23.2 Å². The minimum atomic E-state index is 0.599. The van der Waals surface area contributed by atoms with Gasteiger partial charge in [-0.25, -0.2) is 5.32 Å². The van der Waals surface area contributed by atoms with E-state index >= 15 is 0 Å². The van der Waals surface area contributed by atoms with Crippen LogP contribution in [0.5, 0.6) is 0 Å². The van der Waals surface area contributed by atoms with E-state index in [1.807, 2.05) is 18.2 Å². The average molecular weight is 270 g/mol. The summed E-state index contributed by atoms with van der Waals surface area (Å²) in [5, 5.41) is 5.52. The van der Waals surface area contributed by atoms with E-state index in [2.05, 4.69) is 22.4 Å². The highest BCUT2D eigenvalue weighted by atomic mass is 35.5. The zero-order valence-electron chi connectivity index (χ0n) is 9.57. The third-order valence-corrected chi connectivity index (χ3v) is 3.51. The van der Waals surface area contributed by atoms with Crippen LogP contribution in [0.1, 0.15) is 5.56 Å². The van der Waals surface area contributed by atoms with E-state index in [0.29, 0.717) is 10.0 Å². The summed E-state index contributed by atoms with van der Waals surface area (Å²) in [6, 6.07) is 5.67. The quantitative estimate of drug-likeness (QED) is 0.825. The number of hydrogen-bond acceptors (Lipinski definition) is 1. The molecule has 4 heteroatoms. The number of rotatable bonds is 3. The highest BCUT2D eigenvalue weighted by Gasteiger charge is 2.07. The summed E-state index contributed by atoms with van der Waals surface area (Å²) in [5.41, 5.74) is 1.08. The molecule has 1 radical (unpaired) electrons. The summed E-state index contributed by atoms with van der Waals surface area (Å²) in [6.45, 7) is 5.01. The molecule has 0 spiro atoms. The molecule has 0 saturated carbocycles. The van der Waals surface area contributed by atoms with Crippen LogP contribution in [-0.4, -0.2) is 37.6 Å².